The van der Waals surface area contributed by atoms with Gasteiger partial charge in [-0.05, 0) is 13.8 Å². The Morgan fingerprint density at radius 3 is 2.67 bits per heavy atom. The average Bonchev–Trinajstić information content (AvgIpc) is 2.56. The van der Waals surface area contributed by atoms with Gasteiger partial charge in [-0.3, -0.25) is 4.68 Å². The quantitative estimate of drug-likeness (QED) is 0.910. The second-order valence-corrected chi connectivity index (χ2v) is 3.87. The number of hydrogen-bond acceptors (Lipinski definition) is 3. The Morgan fingerprint density at radius 2 is 2.22 bits per heavy atom. The number of hydrogen-bond donors (Lipinski definition) is 1. The summed E-state index contributed by atoms with van der Waals surface area (Å²) in [5, 5.41) is 6.28. The topological polar surface area (TPSA) is 56.1 Å². The monoisotopic (exact) mass is 265 g/mol. The molecule has 0 aliphatic rings. The van der Waals surface area contributed by atoms with Crippen molar-refractivity contribution < 1.29 is 22.7 Å². The second-order valence-electron chi connectivity index (χ2n) is 3.87. The van der Waals surface area contributed by atoms with Crippen molar-refractivity contribution >= 4 is 6.09 Å². The van der Waals surface area contributed by atoms with E-state index in [1.807, 2.05) is 0 Å². The number of carbonyl (C=O) groups excluding carboxylic acids is 1. The van der Waals surface area contributed by atoms with E-state index in [1.54, 1.807) is 31.8 Å². The van der Waals surface area contributed by atoms with Crippen molar-refractivity contribution in [2.45, 2.75) is 26.1 Å². The van der Waals surface area contributed by atoms with Crippen molar-refractivity contribution in [3.63, 3.8) is 0 Å². The molecule has 0 aliphatic heterocycles. The van der Waals surface area contributed by atoms with Crippen molar-refractivity contribution in [2.24, 2.45) is 7.05 Å². The molecule has 1 atom stereocenters. The molecule has 0 saturated heterocycles. The van der Waals surface area contributed by atoms with Crippen LogP contribution in [-0.2, 0) is 11.8 Å². The van der Waals surface area contributed by atoms with Gasteiger partial charge in [-0.2, -0.15) is 18.3 Å². The number of aromatic nitrogens is 2. The van der Waals surface area contributed by atoms with E-state index in [-0.39, 0.29) is 0 Å². The van der Waals surface area contributed by atoms with E-state index in [4.69, 9.17) is 0 Å². The van der Waals surface area contributed by atoms with Crippen LogP contribution in [0.5, 0.6) is 0 Å². The maximum Gasteiger partial charge on any atom is 0.422 e. The molecule has 0 spiro atoms. The summed E-state index contributed by atoms with van der Waals surface area (Å²) in [6, 6.07) is -0.473. The van der Waals surface area contributed by atoms with Crippen LogP contribution in [-0.4, -0.2) is 28.7 Å². The molecule has 1 heterocycles. The van der Waals surface area contributed by atoms with Gasteiger partial charge in [-0.15, -0.1) is 0 Å². The van der Waals surface area contributed by atoms with E-state index in [2.05, 4.69) is 15.2 Å². The Labute approximate surface area is 102 Å². The molecule has 0 bridgehead atoms. The lowest BCUT2D eigenvalue weighted by Crippen LogP contribution is -2.31. The zero-order valence-electron chi connectivity index (χ0n) is 10.2. The molecule has 8 heteroatoms. The van der Waals surface area contributed by atoms with Crippen LogP contribution in [0.3, 0.4) is 0 Å². The van der Waals surface area contributed by atoms with Crippen LogP contribution in [0.15, 0.2) is 6.20 Å². The molecule has 1 amide bonds. The molecule has 18 heavy (non-hydrogen) atoms. The van der Waals surface area contributed by atoms with Crippen LogP contribution in [0.1, 0.15) is 24.2 Å². The largest absolute Gasteiger partial charge is 0.440 e. The predicted octanol–water partition coefficient (Wildman–Crippen LogP) is 2.08. The van der Waals surface area contributed by atoms with Crippen LogP contribution in [0.2, 0.25) is 0 Å². The molecule has 102 valence electrons. The molecule has 1 aromatic heterocycles. The number of halogens is 3. The SMILES string of the molecule is Cc1c(C(C)NC(=O)OCC(F)(F)F)cnn1C. The van der Waals surface area contributed by atoms with Crippen molar-refractivity contribution in [2.75, 3.05) is 6.61 Å². The molecule has 0 fully saturated rings. The van der Waals surface area contributed by atoms with Crippen molar-refractivity contribution in [3.8, 4) is 0 Å². The summed E-state index contributed by atoms with van der Waals surface area (Å²) in [6.45, 7) is 1.83. The number of aryl methyl sites for hydroxylation is 1. The minimum absolute atomic E-state index is 0.473. The zero-order valence-corrected chi connectivity index (χ0v) is 10.2. The van der Waals surface area contributed by atoms with Gasteiger partial charge in [-0.25, -0.2) is 4.79 Å². The second kappa shape index (κ2) is 5.28. The number of alkyl halides is 3. The Morgan fingerprint density at radius 1 is 1.61 bits per heavy atom. The number of amides is 1. The Kier molecular flexibility index (Phi) is 4.20. The summed E-state index contributed by atoms with van der Waals surface area (Å²) in [7, 11) is 1.73. The first kappa shape index (κ1) is 14.3. The Balaban J connectivity index is 2.52. The van der Waals surface area contributed by atoms with E-state index in [9.17, 15) is 18.0 Å². The summed E-state index contributed by atoms with van der Waals surface area (Å²) in [6.07, 6.45) is -4.09. The lowest BCUT2D eigenvalue weighted by molar-refractivity contribution is -0.160. The summed E-state index contributed by atoms with van der Waals surface area (Å²) in [4.78, 5) is 11.1. The van der Waals surface area contributed by atoms with Crippen molar-refractivity contribution in [3.05, 3.63) is 17.5 Å². The number of alkyl carbamates (subject to hydrolysis) is 1. The molecule has 0 radical (unpaired) electrons. The first-order chi connectivity index (χ1) is 8.20. The highest BCUT2D eigenvalue weighted by molar-refractivity contribution is 5.67. The van der Waals surface area contributed by atoms with Gasteiger partial charge in [0.25, 0.3) is 0 Å². The lowest BCUT2D eigenvalue weighted by atomic mass is 10.1. The molecular formula is C10H14F3N3O2. The van der Waals surface area contributed by atoms with E-state index < -0.39 is 24.9 Å². The maximum atomic E-state index is 11.8. The summed E-state index contributed by atoms with van der Waals surface area (Å²) >= 11 is 0. The fraction of sp³-hybridized carbons (Fsp3) is 0.600. The normalized spacial score (nSPS) is 13.2. The maximum absolute atomic E-state index is 11.8. The fourth-order valence-corrected chi connectivity index (χ4v) is 1.38. The van der Waals surface area contributed by atoms with Gasteiger partial charge in [0.05, 0.1) is 12.2 Å². The smallest absolute Gasteiger partial charge is 0.422 e. The molecule has 0 aromatic carbocycles. The van der Waals surface area contributed by atoms with Crippen molar-refractivity contribution in [1.82, 2.24) is 15.1 Å². The number of nitrogens with zero attached hydrogens (tertiary/aromatic N) is 2. The zero-order chi connectivity index (χ0) is 13.9. The van der Waals surface area contributed by atoms with Gasteiger partial charge >= 0.3 is 12.3 Å². The van der Waals surface area contributed by atoms with Crippen LogP contribution >= 0.6 is 0 Å². The average molecular weight is 265 g/mol. The third-order valence-electron chi connectivity index (χ3n) is 2.44. The molecule has 1 N–H and O–H groups in total. The fourth-order valence-electron chi connectivity index (χ4n) is 1.38. The third-order valence-corrected chi connectivity index (χ3v) is 2.44. The van der Waals surface area contributed by atoms with Gasteiger partial charge < -0.3 is 10.1 Å². The van der Waals surface area contributed by atoms with Crippen molar-refractivity contribution in [1.29, 1.82) is 0 Å². The standard InChI is InChI=1S/C10H14F3N3O2/c1-6(8-4-14-16(3)7(8)2)15-9(17)18-5-10(11,12)13/h4,6H,5H2,1-3H3,(H,15,17). The predicted molar refractivity (Wildman–Crippen MR) is 56.9 cm³/mol. The summed E-state index contributed by atoms with van der Waals surface area (Å²) < 4.78 is 41.1. The number of nitrogens with one attached hydrogen (secondary N) is 1. The third kappa shape index (κ3) is 3.94. The minimum atomic E-state index is -4.52. The molecule has 1 unspecified atom stereocenters. The highest BCUT2D eigenvalue weighted by Gasteiger charge is 2.30. The molecule has 5 nitrogen and oxygen atoms in total. The van der Waals surface area contributed by atoms with Gasteiger partial charge in [0.2, 0.25) is 0 Å². The van der Waals surface area contributed by atoms with Gasteiger partial charge in [0.15, 0.2) is 6.61 Å². The Bertz CT molecular complexity index is 428. The number of rotatable bonds is 3. The first-order valence-corrected chi connectivity index (χ1v) is 5.19. The molecule has 0 aliphatic carbocycles. The first-order valence-electron chi connectivity index (χ1n) is 5.19. The molecule has 1 rings (SSSR count). The molecular weight excluding hydrogens is 251 g/mol. The highest BCUT2D eigenvalue weighted by atomic mass is 19.4. The molecule has 1 aromatic rings. The van der Waals surface area contributed by atoms with E-state index in [0.717, 1.165) is 11.3 Å². The Hall–Kier alpha value is -1.73. The van der Waals surface area contributed by atoms with Gasteiger partial charge in [0.1, 0.15) is 0 Å². The van der Waals surface area contributed by atoms with E-state index in [0.29, 0.717) is 0 Å². The highest BCUT2D eigenvalue weighted by Crippen LogP contribution is 2.17. The molecule has 0 saturated carbocycles. The van der Waals surface area contributed by atoms with Gasteiger partial charge in [-0.1, -0.05) is 0 Å². The number of carbonyl (C=O) groups is 1. The van der Waals surface area contributed by atoms with E-state index in [1.165, 1.54) is 0 Å². The summed E-state index contributed by atoms with van der Waals surface area (Å²) in [5.41, 5.74) is 1.54. The van der Waals surface area contributed by atoms with Crippen LogP contribution in [0, 0.1) is 6.92 Å². The van der Waals surface area contributed by atoms with Crippen LogP contribution < -0.4 is 5.32 Å². The van der Waals surface area contributed by atoms with Crippen LogP contribution in [0.25, 0.3) is 0 Å². The van der Waals surface area contributed by atoms with Gasteiger partial charge in [0, 0.05) is 18.3 Å². The van der Waals surface area contributed by atoms with E-state index >= 15 is 0 Å². The number of ether oxygens (including phenoxy) is 1. The minimum Gasteiger partial charge on any atom is -0.440 e. The summed E-state index contributed by atoms with van der Waals surface area (Å²) in [5.74, 6) is 0. The lowest BCUT2D eigenvalue weighted by Gasteiger charge is -2.14. The van der Waals surface area contributed by atoms with Crippen LogP contribution in [0.4, 0.5) is 18.0 Å².